The molecular formula is C18H16BrNOS. The Kier molecular flexibility index (Phi) is 4.90. The molecule has 1 N–H and O–H groups in total. The van der Waals surface area contributed by atoms with Gasteiger partial charge in [0.1, 0.15) is 0 Å². The van der Waals surface area contributed by atoms with Gasteiger partial charge in [-0.15, -0.1) is 11.3 Å². The summed E-state index contributed by atoms with van der Waals surface area (Å²) in [6, 6.07) is 16.2. The average Bonchev–Trinajstić information content (AvgIpc) is 2.91. The summed E-state index contributed by atoms with van der Waals surface area (Å²) in [6.45, 7) is 0.671. The van der Waals surface area contributed by atoms with Crippen molar-refractivity contribution in [2.75, 3.05) is 6.54 Å². The Morgan fingerprint density at radius 2 is 1.95 bits per heavy atom. The van der Waals surface area contributed by atoms with E-state index in [1.54, 1.807) is 11.3 Å². The van der Waals surface area contributed by atoms with Gasteiger partial charge in [0.05, 0.1) is 6.42 Å². The lowest BCUT2D eigenvalue weighted by Crippen LogP contribution is -2.27. The minimum Gasteiger partial charge on any atom is -0.355 e. The van der Waals surface area contributed by atoms with Gasteiger partial charge in [0.25, 0.3) is 0 Å². The van der Waals surface area contributed by atoms with Gasteiger partial charge in [-0.1, -0.05) is 46.3 Å². The predicted molar refractivity (Wildman–Crippen MR) is 96.4 cm³/mol. The number of amides is 1. The molecule has 112 valence electrons. The van der Waals surface area contributed by atoms with E-state index in [1.807, 2.05) is 30.3 Å². The van der Waals surface area contributed by atoms with Gasteiger partial charge in [0.15, 0.2) is 0 Å². The van der Waals surface area contributed by atoms with Crippen LogP contribution in [0.2, 0.25) is 0 Å². The third kappa shape index (κ3) is 3.76. The van der Waals surface area contributed by atoms with E-state index in [0.29, 0.717) is 13.0 Å². The molecule has 0 atom stereocenters. The Morgan fingerprint density at radius 3 is 2.77 bits per heavy atom. The van der Waals surface area contributed by atoms with Crippen molar-refractivity contribution < 1.29 is 4.79 Å². The first-order valence-electron chi connectivity index (χ1n) is 7.18. The number of hydrogen-bond donors (Lipinski definition) is 1. The van der Waals surface area contributed by atoms with Gasteiger partial charge in [0.2, 0.25) is 5.91 Å². The predicted octanol–water partition coefficient (Wildman–Crippen LogP) is 4.57. The standard InChI is InChI=1S/C18H16BrNOS/c19-15-6-7-17-16(11-15)14(12-22-17)8-9-20-18(21)10-13-4-2-1-3-5-13/h1-7,11-12H,8-10H2,(H,20,21). The maximum atomic E-state index is 11.9. The fourth-order valence-corrected chi connectivity index (χ4v) is 3.77. The number of carbonyl (C=O) groups is 1. The lowest BCUT2D eigenvalue weighted by molar-refractivity contribution is -0.120. The molecule has 4 heteroatoms. The van der Waals surface area contributed by atoms with Gasteiger partial charge < -0.3 is 5.32 Å². The molecule has 22 heavy (non-hydrogen) atoms. The van der Waals surface area contributed by atoms with Gasteiger partial charge in [-0.3, -0.25) is 4.79 Å². The summed E-state index contributed by atoms with van der Waals surface area (Å²) in [5, 5.41) is 6.46. The lowest BCUT2D eigenvalue weighted by Gasteiger charge is -2.05. The molecule has 0 saturated heterocycles. The van der Waals surface area contributed by atoms with Gasteiger partial charge in [-0.2, -0.15) is 0 Å². The van der Waals surface area contributed by atoms with Gasteiger partial charge in [0, 0.05) is 15.7 Å². The van der Waals surface area contributed by atoms with Crippen molar-refractivity contribution in [1.82, 2.24) is 5.32 Å². The van der Waals surface area contributed by atoms with Crippen LogP contribution < -0.4 is 5.32 Å². The number of carbonyl (C=O) groups excluding carboxylic acids is 1. The van der Waals surface area contributed by atoms with E-state index < -0.39 is 0 Å². The van der Waals surface area contributed by atoms with Crippen LogP contribution in [0.15, 0.2) is 58.4 Å². The molecule has 0 aliphatic rings. The van der Waals surface area contributed by atoms with Crippen molar-refractivity contribution in [3.05, 3.63) is 69.5 Å². The summed E-state index contributed by atoms with van der Waals surface area (Å²) < 4.78 is 2.38. The van der Waals surface area contributed by atoms with Crippen molar-refractivity contribution >= 4 is 43.3 Å². The fraction of sp³-hybridized carbons (Fsp3) is 0.167. The van der Waals surface area contributed by atoms with Gasteiger partial charge in [-0.25, -0.2) is 0 Å². The molecule has 0 spiro atoms. The normalized spacial score (nSPS) is 10.8. The minimum atomic E-state index is 0.0758. The highest BCUT2D eigenvalue weighted by atomic mass is 79.9. The third-order valence-electron chi connectivity index (χ3n) is 3.54. The summed E-state index contributed by atoms with van der Waals surface area (Å²) in [5.74, 6) is 0.0758. The number of thiophene rings is 1. The Morgan fingerprint density at radius 1 is 1.14 bits per heavy atom. The third-order valence-corrected chi connectivity index (χ3v) is 5.05. The van der Waals surface area contributed by atoms with E-state index >= 15 is 0 Å². The quantitative estimate of drug-likeness (QED) is 0.697. The summed E-state index contributed by atoms with van der Waals surface area (Å²) in [4.78, 5) is 11.9. The molecule has 1 amide bonds. The number of halogens is 1. The monoisotopic (exact) mass is 373 g/mol. The van der Waals surface area contributed by atoms with Crippen LogP contribution in [0.4, 0.5) is 0 Å². The first-order valence-corrected chi connectivity index (χ1v) is 8.86. The van der Waals surface area contributed by atoms with Crippen molar-refractivity contribution in [1.29, 1.82) is 0 Å². The molecule has 3 rings (SSSR count). The van der Waals surface area contributed by atoms with Crippen LogP contribution in [0, 0.1) is 0 Å². The SMILES string of the molecule is O=C(Cc1ccccc1)NCCc1csc2ccc(Br)cc12. The Bertz CT molecular complexity index is 782. The second-order valence-corrected chi connectivity index (χ2v) is 6.99. The minimum absolute atomic E-state index is 0.0758. The zero-order valence-electron chi connectivity index (χ0n) is 12.0. The van der Waals surface area contributed by atoms with E-state index in [0.717, 1.165) is 16.5 Å². The highest BCUT2D eigenvalue weighted by Gasteiger charge is 2.06. The number of rotatable bonds is 5. The zero-order valence-corrected chi connectivity index (χ0v) is 14.4. The highest BCUT2D eigenvalue weighted by molar-refractivity contribution is 9.10. The maximum Gasteiger partial charge on any atom is 0.224 e. The lowest BCUT2D eigenvalue weighted by atomic mass is 10.1. The molecule has 0 saturated carbocycles. The molecule has 0 radical (unpaired) electrons. The van der Waals surface area contributed by atoms with Crippen molar-refractivity contribution in [2.45, 2.75) is 12.8 Å². The maximum absolute atomic E-state index is 11.9. The van der Waals surface area contributed by atoms with Crippen molar-refractivity contribution in [3.63, 3.8) is 0 Å². The van der Waals surface area contributed by atoms with Crippen LogP contribution >= 0.6 is 27.3 Å². The molecule has 1 aromatic heterocycles. The largest absolute Gasteiger partial charge is 0.355 e. The van der Waals surface area contributed by atoms with E-state index in [1.165, 1.54) is 15.6 Å². The second kappa shape index (κ2) is 7.07. The smallest absolute Gasteiger partial charge is 0.224 e. The first-order chi connectivity index (χ1) is 10.7. The van der Waals surface area contributed by atoms with E-state index in [-0.39, 0.29) is 5.91 Å². The molecular weight excluding hydrogens is 358 g/mol. The summed E-state index contributed by atoms with van der Waals surface area (Å²) >= 11 is 5.27. The van der Waals surface area contributed by atoms with Crippen LogP contribution in [0.25, 0.3) is 10.1 Å². The molecule has 0 bridgehead atoms. The van der Waals surface area contributed by atoms with E-state index in [9.17, 15) is 4.79 Å². The van der Waals surface area contributed by atoms with Crippen LogP contribution in [0.5, 0.6) is 0 Å². The van der Waals surface area contributed by atoms with Crippen LogP contribution in [0.1, 0.15) is 11.1 Å². The average molecular weight is 374 g/mol. The zero-order chi connectivity index (χ0) is 15.4. The molecule has 0 fully saturated rings. The van der Waals surface area contributed by atoms with Gasteiger partial charge >= 0.3 is 0 Å². The first kappa shape index (κ1) is 15.3. The summed E-state index contributed by atoms with van der Waals surface area (Å²) in [5.41, 5.74) is 2.34. The number of hydrogen-bond acceptors (Lipinski definition) is 2. The molecule has 0 aliphatic carbocycles. The van der Waals surface area contributed by atoms with Crippen LogP contribution in [-0.4, -0.2) is 12.5 Å². The Balaban J connectivity index is 1.56. The Labute approximate surface area is 142 Å². The van der Waals surface area contributed by atoms with Crippen molar-refractivity contribution in [2.24, 2.45) is 0 Å². The molecule has 3 aromatic rings. The van der Waals surface area contributed by atoms with Gasteiger partial charge in [-0.05, 0) is 46.5 Å². The highest BCUT2D eigenvalue weighted by Crippen LogP contribution is 2.28. The second-order valence-electron chi connectivity index (χ2n) is 5.16. The summed E-state index contributed by atoms with van der Waals surface area (Å²) in [7, 11) is 0. The number of benzene rings is 2. The van der Waals surface area contributed by atoms with Crippen LogP contribution in [-0.2, 0) is 17.6 Å². The van der Waals surface area contributed by atoms with Crippen LogP contribution in [0.3, 0.4) is 0 Å². The molecule has 2 aromatic carbocycles. The number of nitrogens with one attached hydrogen (secondary N) is 1. The van der Waals surface area contributed by atoms with E-state index in [2.05, 4.69) is 44.8 Å². The molecule has 0 unspecified atom stereocenters. The topological polar surface area (TPSA) is 29.1 Å². The fourth-order valence-electron chi connectivity index (χ4n) is 2.43. The van der Waals surface area contributed by atoms with Crippen molar-refractivity contribution in [3.8, 4) is 0 Å². The number of fused-ring (bicyclic) bond motifs is 1. The van der Waals surface area contributed by atoms with E-state index in [4.69, 9.17) is 0 Å². The molecule has 1 heterocycles. The summed E-state index contributed by atoms with van der Waals surface area (Å²) in [6.07, 6.45) is 1.30. The Hall–Kier alpha value is -1.65. The molecule has 2 nitrogen and oxygen atoms in total. The molecule has 0 aliphatic heterocycles.